The molecule has 1 N–H and O–H groups in total. The normalized spacial score (nSPS) is 12.4. The fourth-order valence-corrected chi connectivity index (χ4v) is 5.27. The van der Waals surface area contributed by atoms with Crippen LogP contribution in [0.3, 0.4) is 0 Å². The maximum Gasteiger partial charge on any atom is 0.263 e. The maximum absolute atomic E-state index is 13.4. The molecule has 0 fully saturated rings. The Hall–Kier alpha value is -3.07. The zero-order chi connectivity index (χ0) is 25.4. The van der Waals surface area contributed by atoms with Gasteiger partial charge in [0.2, 0.25) is 0 Å². The Morgan fingerprint density at radius 3 is 2.37 bits per heavy atom. The lowest BCUT2D eigenvalue weighted by molar-refractivity contribution is -0.0357. The Morgan fingerprint density at radius 1 is 1.00 bits per heavy atom. The zero-order valence-electron chi connectivity index (χ0n) is 21.1. The van der Waals surface area contributed by atoms with Crippen LogP contribution in [0.1, 0.15) is 50.3 Å². The molecule has 7 nitrogen and oxygen atoms in total. The van der Waals surface area contributed by atoms with Crippen LogP contribution in [0.15, 0.2) is 59.5 Å². The number of rotatable bonds is 7. The molecular weight excluding hydrogens is 460 g/mol. The number of hydrogen-bond acceptors (Lipinski definition) is 5. The van der Waals surface area contributed by atoms with Gasteiger partial charge in [-0.2, -0.15) is 0 Å². The van der Waals surface area contributed by atoms with Crippen molar-refractivity contribution in [2.75, 3.05) is 0 Å². The fourth-order valence-electron chi connectivity index (χ4n) is 4.04. The number of nitrogens with zero attached hydrogens (tertiary/aromatic N) is 3. The number of nitrogens with one attached hydrogen (secondary N) is 1. The molecule has 2 aromatic heterocycles. The molecule has 0 spiro atoms. The van der Waals surface area contributed by atoms with Gasteiger partial charge in [-0.25, -0.2) is 18.4 Å². The van der Waals surface area contributed by atoms with Crippen molar-refractivity contribution < 1.29 is 13.3 Å². The predicted octanol–water partition coefficient (Wildman–Crippen LogP) is 5.33. The Bertz CT molecular complexity index is 1470. The van der Waals surface area contributed by atoms with E-state index in [1.807, 2.05) is 62.4 Å². The molecule has 0 saturated heterocycles. The molecule has 35 heavy (non-hydrogen) atoms. The molecular formula is C27H32N4O3S. The molecule has 2 aromatic carbocycles. The van der Waals surface area contributed by atoms with Crippen LogP contribution in [0.2, 0.25) is 0 Å². The van der Waals surface area contributed by atoms with Crippen molar-refractivity contribution in [3.63, 3.8) is 0 Å². The molecule has 0 atom stereocenters. The lowest BCUT2D eigenvalue weighted by Crippen LogP contribution is -2.33. The van der Waals surface area contributed by atoms with Gasteiger partial charge < -0.3 is 4.57 Å². The number of sulfonamides is 1. The Labute approximate surface area is 207 Å². The molecule has 2 heterocycles. The minimum Gasteiger partial charge on any atom is -0.308 e. The summed E-state index contributed by atoms with van der Waals surface area (Å²) < 4.78 is 28.8. The highest BCUT2D eigenvalue weighted by Crippen LogP contribution is 2.30. The first-order valence-corrected chi connectivity index (χ1v) is 13.2. The second-order valence-electron chi connectivity index (χ2n) is 9.72. The molecule has 0 aliphatic rings. The third-order valence-electron chi connectivity index (χ3n) is 5.64. The molecule has 0 aliphatic carbocycles. The van der Waals surface area contributed by atoms with E-state index < -0.39 is 15.6 Å². The summed E-state index contributed by atoms with van der Waals surface area (Å²) in [7, 11) is -3.96. The van der Waals surface area contributed by atoms with Gasteiger partial charge in [0, 0.05) is 17.7 Å². The van der Waals surface area contributed by atoms with Gasteiger partial charge in [0.05, 0.1) is 17.0 Å². The van der Waals surface area contributed by atoms with E-state index in [1.54, 1.807) is 26.8 Å². The van der Waals surface area contributed by atoms with Crippen LogP contribution < -0.4 is 4.89 Å². The summed E-state index contributed by atoms with van der Waals surface area (Å²) in [4.78, 5) is 17.5. The zero-order valence-corrected chi connectivity index (χ0v) is 21.9. The average molecular weight is 493 g/mol. The number of fused-ring (bicyclic) bond motifs is 1. The van der Waals surface area contributed by atoms with Gasteiger partial charge in [0.1, 0.15) is 11.3 Å². The highest BCUT2D eigenvalue weighted by Gasteiger charge is 2.24. The number of aryl methyl sites for hydroxylation is 3. The molecule has 0 bridgehead atoms. The summed E-state index contributed by atoms with van der Waals surface area (Å²) in [5.74, 6) is 0.909. The van der Waals surface area contributed by atoms with Gasteiger partial charge in [0.25, 0.3) is 10.0 Å². The van der Waals surface area contributed by atoms with Gasteiger partial charge >= 0.3 is 0 Å². The van der Waals surface area contributed by atoms with E-state index in [-0.39, 0.29) is 4.90 Å². The molecule has 4 rings (SSSR count). The van der Waals surface area contributed by atoms with Gasteiger partial charge in [-0.3, -0.25) is 4.84 Å². The summed E-state index contributed by atoms with van der Waals surface area (Å²) in [6.45, 7) is 11.9. The van der Waals surface area contributed by atoms with E-state index in [0.717, 1.165) is 45.8 Å². The van der Waals surface area contributed by atoms with Crippen molar-refractivity contribution in [2.24, 2.45) is 0 Å². The topological polar surface area (TPSA) is 86.1 Å². The van der Waals surface area contributed by atoms with E-state index in [4.69, 9.17) is 14.8 Å². The SMILES string of the molecule is CCc1nc2c(C)cc(C)nc2n1Cc1ccc(-c2ccccc2)c(S(=O)(=O)NOC(C)(C)C)c1. The predicted molar refractivity (Wildman–Crippen MR) is 139 cm³/mol. The van der Waals surface area contributed by atoms with Crippen LogP contribution in [0, 0.1) is 13.8 Å². The molecule has 184 valence electrons. The largest absolute Gasteiger partial charge is 0.308 e. The van der Waals surface area contributed by atoms with Crippen LogP contribution in [-0.4, -0.2) is 28.6 Å². The maximum atomic E-state index is 13.4. The van der Waals surface area contributed by atoms with Crippen LogP contribution >= 0.6 is 0 Å². The van der Waals surface area contributed by atoms with Gasteiger partial charge in [0.15, 0.2) is 5.65 Å². The first kappa shape index (κ1) is 25.0. The van der Waals surface area contributed by atoms with Crippen LogP contribution in [-0.2, 0) is 27.8 Å². The standard InChI is InChI=1S/C27H32N4O3S/c1-7-24-29-25-18(2)15-19(3)28-26(25)31(24)17-20-13-14-22(21-11-9-8-10-12-21)23(16-20)35(32,33)30-34-27(4,5)6/h8-16,30H,7,17H2,1-6H3. The van der Waals surface area contributed by atoms with Gasteiger partial charge in [-0.05, 0) is 63.4 Å². The Morgan fingerprint density at radius 2 is 1.71 bits per heavy atom. The quantitative estimate of drug-likeness (QED) is 0.352. The summed E-state index contributed by atoms with van der Waals surface area (Å²) >= 11 is 0. The average Bonchev–Trinajstić information content (AvgIpc) is 3.15. The second-order valence-corrected chi connectivity index (χ2v) is 11.3. The molecule has 0 radical (unpaired) electrons. The molecule has 8 heteroatoms. The number of imidazole rings is 1. The van der Waals surface area contributed by atoms with E-state index >= 15 is 0 Å². The van der Waals surface area contributed by atoms with Gasteiger partial charge in [-0.15, -0.1) is 0 Å². The number of benzene rings is 2. The summed E-state index contributed by atoms with van der Waals surface area (Å²) in [6, 6.07) is 17.0. The van der Waals surface area contributed by atoms with Crippen molar-refractivity contribution in [3.05, 3.63) is 77.2 Å². The van der Waals surface area contributed by atoms with E-state index in [9.17, 15) is 8.42 Å². The van der Waals surface area contributed by atoms with E-state index in [0.29, 0.717) is 12.1 Å². The monoisotopic (exact) mass is 492 g/mol. The smallest absolute Gasteiger partial charge is 0.263 e. The van der Waals surface area contributed by atoms with Crippen molar-refractivity contribution in [1.82, 2.24) is 19.4 Å². The number of hydrogen-bond donors (Lipinski definition) is 1. The van der Waals surface area contributed by atoms with Crippen molar-refractivity contribution in [1.29, 1.82) is 0 Å². The number of aromatic nitrogens is 3. The Balaban J connectivity index is 1.83. The van der Waals surface area contributed by atoms with Gasteiger partial charge in [-0.1, -0.05) is 54.3 Å². The minimum atomic E-state index is -3.96. The highest BCUT2D eigenvalue weighted by molar-refractivity contribution is 7.89. The summed E-state index contributed by atoms with van der Waals surface area (Å²) in [5, 5.41) is 0. The lowest BCUT2D eigenvalue weighted by Gasteiger charge is -2.20. The third kappa shape index (κ3) is 5.45. The first-order chi connectivity index (χ1) is 16.5. The summed E-state index contributed by atoms with van der Waals surface area (Å²) in [6.07, 6.45) is 0.739. The summed E-state index contributed by atoms with van der Waals surface area (Å²) in [5.41, 5.74) is 5.25. The fraction of sp³-hybridized carbons (Fsp3) is 0.333. The second kappa shape index (κ2) is 9.53. The Kier molecular flexibility index (Phi) is 6.81. The third-order valence-corrected chi connectivity index (χ3v) is 6.86. The molecule has 0 aliphatic heterocycles. The van der Waals surface area contributed by atoms with Crippen LogP contribution in [0.5, 0.6) is 0 Å². The van der Waals surface area contributed by atoms with E-state index in [2.05, 4.69) is 16.4 Å². The molecule has 0 unspecified atom stereocenters. The van der Waals surface area contributed by atoms with Crippen molar-refractivity contribution >= 4 is 21.2 Å². The van der Waals surface area contributed by atoms with E-state index in [1.165, 1.54) is 0 Å². The highest BCUT2D eigenvalue weighted by atomic mass is 32.2. The van der Waals surface area contributed by atoms with Crippen molar-refractivity contribution in [2.45, 2.75) is 65.0 Å². The van der Waals surface area contributed by atoms with Crippen LogP contribution in [0.25, 0.3) is 22.3 Å². The molecule has 4 aromatic rings. The van der Waals surface area contributed by atoms with Crippen molar-refractivity contribution in [3.8, 4) is 11.1 Å². The lowest BCUT2D eigenvalue weighted by atomic mass is 10.0. The molecule has 0 saturated carbocycles. The minimum absolute atomic E-state index is 0.160. The molecule has 0 amide bonds. The first-order valence-electron chi connectivity index (χ1n) is 11.7. The number of pyridine rings is 1. The van der Waals surface area contributed by atoms with Crippen LogP contribution in [0.4, 0.5) is 0 Å².